The van der Waals surface area contributed by atoms with E-state index < -0.39 is 12.1 Å². The number of hydrogen-bond donors (Lipinski definition) is 3. The molecule has 1 fully saturated rings. The molecule has 0 saturated carbocycles. The molecule has 1 unspecified atom stereocenters. The van der Waals surface area contributed by atoms with E-state index in [-0.39, 0.29) is 0 Å². The summed E-state index contributed by atoms with van der Waals surface area (Å²) in [6.07, 6.45) is 1.22. The van der Waals surface area contributed by atoms with Crippen molar-refractivity contribution in [3.8, 4) is 5.75 Å². The first-order chi connectivity index (χ1) is 12.2. The van der Waals surface area contributed by atoms with Gasteiger partial charge in [0, 0.05) is 0 Å². The van der Waals surface area contributed by atoms with Crippen LogP contribution in [-0.4, -0.2) is 30.9 Å². The zero-order valence-electron chi connectivity index (χ0n) is 14.2. The third-order valence-electron chi connectivity index (χ3n) is 4.54. The van der Waals surface area contributed by atoms with Crippen molar-refractivity contribution in [2.45, 2.75) is 18.9 Å². The van der Waals surface area contributed by atoms with Gasteiger partial charge in [0.15, 0.2) is 0 Å². The summed E-state index contributed by atoms with van der Waals surface area (Å²) in [4.78, 5) is 11.2. The van der Waals surface area contributed by atoms with Gasteiger partial charge in [0.1, 0.15) is 5.75 Å². The molecule has 2 aromatic rings. The molecule has 25 heavy (non-hydrogen) atoms. The monoisotopic (exact) mass is 340 g/mol. The Morgan fingerprint density at radius 1 is 1.12 bits per heavy atom. The Morgan fingerprint density at radius 2 is 1.84 bits per heavy atom. The third kappa shape index (κ3) is 4.97. The maximum Gasteiger partial charge on any atom is 0.405 e. The van der Waals surface area contributed by atoms with Crippen LogP contribution in [0.1, 0.15) is 30.0 Å². The first-order valence-electron chi connectivity index (χ1n) is 8.70. The van der Waals surface area contributed by atoms with Crippen molar-refractivity contribution in [3.63, 3.8) is 0 Å². The smallest absolute Gasteiger partial charge is 0.405 e. The Kier molecular flexibility index (Phi) is 5.90. The van der Waals surface area contributed by atoms with Gasteiger partial charge < -0.3 is 20.5 Å². The summed E-state index contributed by atoms with van der Waals surface area (Å²) in [5.74, 6) is 1.36. The standard InChI is InChI=1S/C20H24N2O3/c23-20(24)22-19(16-5-2-1-3-6-16)17-7-4-8-18(13-17)25-14-15-9-11-21-12-10-15/h1-8,13,15,19,21-22H,9-12,14H2,(H,23,24). The van der Waals surface area contributed by atoms with Gasteiger partial charge in [-0.3, -0.25) is 0 Å². The Balaban J connectivity index is 1.74. The number of nitrogens with one attached hydrogen (secondary N) is 2. The molecule has 0 bridgehead atoms. The Bertz CT molecular complexity index is 684. The molecular formula is C20H24N2O3. The van der Waals surface area contributed by atoms with Crippen molar-refractivity contribution >= 4 is 6.09 Å². The largest absolute Gasteiger partial charge is 0.493 e. The SMILES string of the molecule is O=C(O)NC(c1ccccc1)c1cccc(OCC2CCNCC2)c1. The van der Waals surface area contributed by atoms with E-state index in [1.54, 1.807) is 0 Å². The number of hydrogen-bond acceptors (Lipinski definition) is 3. The van der Waals surface area contributed by atoms with Crippen LogP contribution < -0.4 is 15.4 Å². The van der Waals surface area contributed by atoms with Crippen molar-refractivity contribution in [3.05, 3.63) is 65.7 Å². The van der Waals surface area contributed by atoms with E-state index in [0.717, 1.165) is 42.8 Å². The summed E-state index contributed by atoms with van der Waals surface area (Å²) >= 11 is 0. The maximum atomic E-state index is 11.2. The molecule has 5 nitrogen and oxygen atoms in total. The molecule has 0 radical (unpaired) electrons. The molecule has 3 N–H and O–H groups in total. The minimum atomic E-state index is -1.05. The molecule has 0 aromatic heterocycles. The fourth-order valence-electron chi connectivity index (χ4n) is 3.17. The van der Waals surface area contributed by atoms with Gasteiger partial charge in [-0.25, -0.2) is 4.79 Å². The highest BCUT2D eigenvalue weighted by atomic mass is 16.5. The molecule has 1 aliphatic heterocycles. The van der Waals surface area contributed by atoms with Crippen molar-refractivity contribution in [2.75, 3.05) is 19.7 Å². The lowest BCUT2D eigenvalue weighted by atomic mass is 9.98. The van der Waals surface area contributed by atoms with Gasteiger partial charge in [0.25, 0.3) is 0 Å². The molecule has 1 amide bonds. The molecule has 1 aliphatic rings. The summed E-state index contributed by atoms with van der Waals surface area (Å²) in [5, 5.41) is 15.2. The highest BCUT2D eigenvalue weighted by Gasteiger charge is 2.18. The first-order valence-corrected chi connectivity index (χ1v) is 8.70. The molecule has 0 aliphatic carbocycles. The normalized spacial score (nSPS) is 16.2. The zero-order valence-corrected chi connectivity index (χ0v) is 14.2. The quantitative estimate of drug-likeness (QED) is 0.753. The molecular weight excluding hydrogens is 316 g/mol. The highest BCUT2D eigenvalue weighted by molar-refractivity contribution is 5.66. The fraction of sp³-hybridized carbons (Fsp3) is 0.350. The molecule has 1 saturated heterocycles. The van der Waals surface area contributed by atoms with Crippen LogP contribution >= 0.6 is 0 Å². The topological polar surface area (TPSA) is 70.6 Å². The summed E-state index contributed by atoms with van der Waals surface area (Å²) in [6.45, 7) is 2.80. The number of ether oxygens (including phenoxy) is 1. The number of benzene rings is 2. The second-order valence-electron chi connectivity index (χ2n) is 6.37. The number of carboxylic acid groups (broad SMARTS) is 1. The fourth-order valence-corrected chi connectivity index (χ4v) is 3.17. The van der Waals surface area contributed by atoms with Gasteiger partial charge in [-0.2, -0.15) is 0 Å². The second kappa shape index (κ2) is 8.53. The minimum Gasteiger partial charge on any atom is -0.493 e. The van der Waals surface area contributed by atoms with Crippen LogP contribution in [0.2, 0.25) is 0 Å². The van der Waals surface area contributed by atoms with Gasteiger partial charge in [0.2, 0.25) is 0 Å². The average molecular weight is 340 g/mol. The summed E-state index contributed by atoms with van der Waals surface area (Å²) in [5.41, 5.74) is 1.77. The average Bonchev–Trinajstić information content (AvgIpc) is 2.66. The van der Waals surface area contributed by atoms with Crippen LogP contribution in [0, 0.1) is 5.92 Å². The number of piperidine rings is 1. The van der Waals surface area contributed by atoms with Gasteiger partial charge in [-0.05, 0) is 55.1 Å². The summed E-state index contributed by atoms with van der Waals surface area (Å²) in [6, 6.07) is 16.8. The molecule has 5 heteroatoms. The third-order valence-corrected chi connectivity index (χ3v) is 4.54. The Hall–Kier alpha value is -2.53. The predicted molar refractivity (Wildman–Crippen MR) is 97.0 cm³/mol. The van der Waals surface area contributed by atoms with Crippen LogP contribution in [0.3, 0.4) is 0 Å². The molecule has 0 spiro atoms. The van der Waals surface area contributed by atoms with E-state index in [9.17, 15) is 9.90 Å². The lowest BCUT2D eigenvalue weighted by Crippen LogP contribution is -2.30. The van der Waals surface area contributed by atoms with Gasteiger partial charge in [0.05, 0.1) is 12.6 Å². The van der Waals surface area contributed by atoms with Crippen molar-refractivity contribution in [1.29, 1.82) is 0 Å². The van der Waals surface area contributed by atoms with E-state index in [2.05, 4.69) is 10.6 Å². The van der Waals surface area contributed by atoms with E-state index in [1.165, 1.54) is 0 Å². The second-order valence-corrected chi connectivity index (χ2v) is 6.37. The van der Waals surface area contributed by atoms with Crippen molar-refractivity contribution in [1.82, 2.24) is 10.6 Å². The lowest BCUT2D eigenvalue weighted by molar-refractivity contribution is 0.191. The zero-order chi connectivity index (χ0) is 17.5. The van der Waals surface area contributed by atoms with E-state index in [1.807, 2.05) is 54.6 Å². The van der Waals surface area contributed by atoms with Crippen LogP contribution in [-0.2, 0) is 0 Å². The minimum absolute atomic E-state index is 0.416. The van der Waals surface area contributed by atoms with E-state index >= 15 is 0 Å². The van der Waals surface area contributed by atoms with Crippen LogP contribution in [0.5, 0.6) is 5.75 Å². The molecule has 1 heterocycles. The molecule has 1 atom stereocenters. The predicted octanol–water partition coefficient (Wildman–Crippen LogP) is 3.42. The van der Waals surface area contributed by atoms with Crippen LogP contribution in [0.4, 0.5) is 4.79 Å². The van der Waals surface area contributed by atoms with E-state index in [4.69, 9.17) is 4.74 Å². The highest BCUT2D eigenvalue weighted by Crippen LogP contribution is 2.26. The molecule has 132 valence electrons. The summed E-state index contributed by atoms with van der Waals surface area (Å²) < 4.78 is 5.97. The summed E-state index contributed by atoms with van der Waals surface area (Å²) in [7, 11) is 0. The Labute approximate surface area is 148 Å². The number of rotatable bonds is 6. The molecule has 2 aromatic carbocycles. The maximum absolute atomic E-state index is 11.2. The first kappa shape index (κ1) is 17.3. The van der Waals surface area contributed by atoms with Crippen molar-refractivity contribution in [2.24, 2.45) is 5.92 Å². The van der Waals surface area contributed by atoms with Crippen LogP contribution in [0.15, 0.2) is 54.6 Å². The lowest BCUT2D eigenvalue weighted by Gasteiger charge is -2.23. The number of carbonyl (C=O) groups is 1. The van der Waals surface area contributed by atoms with Gasteiger partial charge in [-0.1, -0.05) is 42.5 Å². The van der Waals surface area contributed by atoms with E-state index in [0.29, 0.717) is 12.5 Å². The molecule has 3 rings (SSSR count). The van der Waals surface area contributed by atoms with Gasteiger partial charge in [-0.15, -0.1) is 0 Å². The number of amides is 1. The van der Waals surface area contributed by atoms with Gasteiger partial charge >= 0.3 is 6.09 Å². The van der Waals surface area contributed by atoms with Crippen LogP contribution in [0.25, 0.3) is 0 Å². The van der Waals surface area contributed by atoms with Crippen molar-refractivity contribution < 1.29 is 14.6 Å². The Morgan fingerprint density at radius 3 is 2.56 bits per heavy atom.